The molecule has 0 bridgehead atoms. The Morgan fingerprint density at radius 2 is 2.00 bits per heavy atom. The zero-order chi connectivity index (χ0) is 18.7. The van der Waals surface area contributed by atoms with Crippen LogP contribution < -0.4 is 5.32 Å². The molecule has 0 radical (unpaired) electrons. The van der Waals surface area contributed by atoms with Crippen LogP contribution in [0.2, 0.25) is 0 Å². The van der Waals surface area contributed by atoms with E-state index in [9.17, 15) is 9.59 Å². The van der Waals surface area contributed by atoms with Crippen LogP contribution in [0.25, 0.3) is 11.0 Å². The second kappa shape index (κ2) is 7.94. The summed E-state index contributed by atoms with van der Waals surface area (Å²) in [4.78, 5) is 24.0. The van der Waals surface area contributed by atoms with E-state index < -0.39 is 5.97 Å². The Balaban J connectivity index is 1.60. The summed E-state index contributed by atoms with van der Waals surface area (Å²) < 4.78 is 10.7. The second-order valence-corrected chi connectivity index (χ2v) is 7.51. The summed E-state index contributed by atoms with van der Waals surface area (Å²) in [6.07, 6.45) is 6.03. The first kappa shape index (κ1) is 18.5. The van der Waals surface area contributed by atoms with Gasteiger partial charge >= 0.3 is 5.97 Å². The van der Waals surface area contributed by atoms with Crippen LogP contribution in [0.3, 0.4) is 0 Å². The Morgan fingerprint density at radius 3 is 2.69 bits per heavy atom. The van der Waals surface area contributed by atoms with E-state index in [4.69, 9.17) is 9.15 Å². The number of aryl methyl sites for hydroxylation is 1. The fourth-order valence-corrected chi connectivity index (χ4v) is 3.70. The van der Waals surface area contributed by atoms with Gasteiger partial charge in [0.05, 0.1) is 12.7 Å². The molecule has 0 saturated heterocycles. The molecule has 5 heteroatoms. The van der Waals surface area contributed by atoms with Crippen LogP contribution in [0.1, 0.15) is 62.1 Å². The van der Waals surface area contributed by atoms with Gasteiger partial charge in [0.1, 0.15) is 5.58 Å². The number of amides is 1. The van der Waals surface area contributed by atoms with Crippen molar-refractivity contribution in [3.63, 3.8) is 0 Å². The lowest BCUT2D eigenvalue weighted by molar-refractivity contribution is -0.148. The van der Waals surface area contributed by atoms with Gasteiger partial charge in [-0.15, -0.1) is 0 Å². The summed E-state index contributed by atoms with van der Waals surface area (Å²) >= 11 is 0. The molecule has 3 rings (SSSR count). The Labute approximate surface area is 154 Å². The van der Waals surface area contributed by atoms with Crippen molar-refractivity contribution in [2.24, 2.45) is 0 Å². The van der Waals surface area contributed by atoms with E-state index in [1.165, 1.54) is 11.1 Å². The molecule has 26 heavy (non-hydrogen) atoms. The average Bonchev–Trinajstić information content (AvgIpc) is 3.22. The van der Waals surface area contributed by atoms with Gasteiger partial charge in [-0.25, -0.2) is 0 Å². The smallest absolute Gasteiger partial charge is 0.310 e. The molecule has 1 aliphatic carbocycles. The lowest BCUT2D eigenvalue weighted by Crippen LogP contribution is -2.36. The van der Waals surface area contributed by atoms with E-state index in [2.05, 4.69) is 32.2 Å². The quantitative estimate of drug-likeness (QED) is 0.793. The molecule has 1 aromatic heterocycles. The van der Waals surface area contributed by atoms with Crippen molar-refractivity contribution in [2.45, 2.75) is 64.8 Å². The maximum Gasteiger partial charge on any atom is 0.310 e. The molecular weight excluding hydrogens is 330 g/mol. The summed E-state index contributed by atoms with van der Waals surface area (Å²) in [5, 5.41) is 3.85. The molecule has 0 atom stereocenters. The third kappa shape index (κ3) is 4.26. The van der Waals surface area contributed by atoms with Crippen molar-refractivity contribution in [2.75, 3.05) is 6.61 Å². The highest BCUT2D eigenvalue weighted by Crippen LogP contribution is 2.29. The predicted molar refractivity (Wildman–Crippen MR) is 100 cm³/mol. The van der Waals surface area contributed by atoms with E-state index in [0.717, 1.165) is 42.2 Å². The van der Waals surface area contributed by atoms with Crippen LogP contribution in [0, 0.1) is 6.92 Å². The van der Waals surface area contributed by atoms with Crippen LogP contribution in [-0.2, 0) is 20.7 Å². The third-order valence-electron chi connectivity index (χ3n) is 5.08. The van der Waals surface area contributed by atoms with Crippen molar-refractivity contribution in [1.29, 1.82) is 0 Å². The standard InChI is InChI=1S/C21H27NO4/c1-13(2)17-10-18-15(11-25-19(18)8-14(17)3)9-21(24)26-12-20(23)22-16-6-4-5-7-16/h8,10-11,13,16H,4-7,9,12H2,1-3H3,(H,22,23). The molecule has 2 aromatic rings. The fraction of sp³-hybridized carbons (Fsp3) is 0.524. The zero-order valence-corrected chi connectivity index (χ0v) is 15.8. The number of carbonyl (C=O) groups excluding carboxylic acids is 2. The average molecular weight is 357 g/mol. The highest BCUT2D eigenvalue weighted by atomic mass is 16.5. The molecule has 1 fully saturated rings. The van der Waals surface area contributed by atoms with E-state index in [0.29, 0.717) is 5.92 Å². The van der Waals surface area contributed by atoms with Gasteiger partial charge in [-0.2, -0.15) is 0 Å². The normalized spacial score (nSPS) is 14.9. The van der Waals surface area contributed by atoms with Gasteiger partial charge in [0.15, 0.2) is 6.61 Å². The number of rotatable bonds is 6. The van der Waals surface area contributed by atoms with Gasteiger partial charge in [-0.3, -0.25) is 9.59 Å². The molecule has 1 heterocycles. The molecule has 1 aromatic carbocycles. The number of benzene rings is 1. The maximum atomic E-state index is 12.1. The van der Waals surface area contributed by atoms with Crippen molar-refractivity contribution in [1.82, 2.24) is 5.32 Å². The zero-order valence-electron chi connectivity index (χ0n) is 15.8. The number of fused-ring (bicyclic) bond motifs is 1. The van der Waals surface area contributed by atoms with Crippen molar-refractivity contribution in [3.8, 4) is 0 Å². The molecule has 5 nitrogen and oxygen atoms in total. The topological polar surface area (TPSA) is 68.5 Å². The molecule has 140 valence electrons. The SMILES string of the molecule is Cc1cc2occ(CC(=O)OCC(=O)NC3CCCC3)c2cc1C(C)C. The fourth-order valence-electron chi connectivity index (χ4n) is 3.70. The molecule has 0 unspecified atom stereocenters. The summed E-state index contributed by atoms with van der Waals surface area (Å²) in [7, 11) is 0. The highest BCUT2D eigenvalue weighted by molar-refractivity contribution is 5.88. The Bertz CT molecular complexity index is 800. The summed E-state index contributed by atoms with van der Waals surface area (Å²) in [5.41, 5.74) is 3.99. The number of hydrogen-bond acceptors (Lipinski definition) is 4. The number of carbonyl (C=O) groups is 2. The van der Waals surface area contributed by atoms with Crippen molar-refractivity contribution >= 4 is 22.8 Å². The largest absolute Gasteiger partial charge is 0.464 e. The highest BCUT2D eigenvalue weighted by Gasteiger charge is 2.19. The number of nitrogens with one attached hydrogen (secondary N) is 1. The molecule has 1 aliphatic rings. The first-order valence-electron chi connectivity index (χ1n) is 9.39. The molecule has 1 N–H and O–H groups in total. The van der Waals surface area contributed by atoms with E-state index >= 15 is 0 Å². The Kier molecular flexibility index (Phi) is 5.64. The summed E-state index contributed by atoms with van der Waals surface area (Å²) in [6.45, 7) is 6.13. The van der Waals surface area contributed by atoms with Crippen LogP contribution in [0.5, 0.6) is 0 Å². The lowest BCUT2D eigenvalue weighted by atomic mass is 9.95. The predicted octanol–water partition coefficient (Wildman–Crippen LogP) is 4.01. The first-order valence-corrected chi connectivity index (χ1v) is 9.39. The number of esters is 1. The summed E-state index contributed by atoms with van der Waals surface area (Å²) in [6, 6.07) is 4.33. The van der Waals surface area contributed by atoms with Crippen LogP contribution in [0.4, 0.5) is 0 Å². The molecule has 0 spiro atoms. The van der Waals surface area contributed by atoms with Crippen LogP contribution in [-0.4, -0.2) is 24.5 Å². The molecule has 1 amide bonds. The van der Waals surface area contributed by atoms with Gasteiger partial charge in [-0.1, -0.05) is 26.7 Å². The Morgan fingerprint density at radius 1 is 1.27 bits per heavy atom. The van der Waals surface area contributed by atoms with Gasteiger partial charge in [0.25, 0.3) is 5.91 Å². The maximum absolute atomic E-state index is 12.1. The van der Waals surface area contributed by atoms with Gasteiger partial charge in [0, 0.05) is 17.0 Å². The monoisotopic (exact) mass is 357 g/mol. The minimum absolute atomic E-state index is 0.101. The van der Waals surface area contributed by atoms with Crippen molar-refractivity contribution in [3.05, 3.63) is 35.1 Å². The molecular formula is C21H27NO4. The van der Waals surface area contributed by atoms with Gasteiger partial charge in [-0.05, 0) is 48.9 Å². The number of ether oxygens (including phenoxy) is 1. The summed E-state index contributed by atoms with van der Waals surface area (Å²) in [5.74, 6) is -0.241. The van der Waals surface area contributed by atoms with E-state index in [-0.39, 0.29) is 25.0 Å². The van der Waals surface area contributed by atoms with Crippen LogP contribution in [0.15, 0.2) is 22.8 Å². The van der Waals surface area contributed by atoms with Gasteiger partial charge < -0.3 is 14.5 Å². The minimum atomic E-state index is -0.416. The minimum Gasteiger partial charge on any atom is -0.464 e. The van der Waals surface area contributed by atoms with Crippen molar-refractivity contribution < 1.29 is 18.7 Å². The number of hydrogen-bond donors (Lipinski definition) is 1. The number of furan rings is 1. The van der Waals surface area contributed by atoms with Crippen LogP contribution >= 0.6 is 0 Å². The first-order chi connectivity index (χ1) is 12.4. The lowest BCUT2D eigenvalue weighted by Gasteiger charge is -2.12. The van der Waals surface area contributed by atoms with E-state index in [1.807, 2.05) is 6.07 Å². The third-order valence-corrected chi connectivity index (χ3v) is 5.08. The molecule has 1 saturated carbocycles. The Hall–Kier alpha value is -2.30. The van der Waals surface area contributed by atoms with Gasteiger partial charge in [0.2, 0.25) is 0 Å². The second-order valence-electron chi connectivity index (χ2n) is 7.51. The molecule has 0 aliphatic heterocycles. The van der Waals surface area contributed by atoms with E-state index in [1.54, 1.807) is 6.26 Å².